The van der Waals surface area contributed by atoms with E-state index in [4.69, 9.17) is 37.4 Å². The van der Waals surface area contributed by atoms with E-state index in [1.807, 2.05) is 24.3 Å². The quantitative estimate of drug-likeness (QED) is 0.464. The zero-order chi connectivity index (χ0) is 22.0. The number of nitrogens with zero attached hydrogens (tertiary/aromatic N) is 2. The normalized spacial score (nSPS) is 16.5. The summed E-state index contributed by atoms with van der Waals surface area (Å²) in [5.74, 6) is 1.94. The molecule has 0 bridgehead atoms. The van der Waals surface area contributed by atoms with Gasteiger partial charge in [-0.3, -0.25) is 4.90 Å². The summed E-state index contributed by atoms with van der Waals surface area (Å²) >= 11 is 12.6. The first-order valence-corrected chi connectivity index (χ1v) is 10.9. The summed E-state index contributed by atoms with van der Waals surface area (Å²) in [7, 11) is 4.91. The molecule has 0 amide bonds. The number of fused-ring (bicyclic) bond motifs is 1. The Labute approximate surface area is 193 Å². The van der Waals surface area contributed by atoms with E-state index in [2.05, 4.69) is 33.9 Å². The maximum Gasteiger partial charge on any atom is 0.203 e. The first-order valence-electron chi connectivity index (χ1n) is 10.2. The molecule has 2 aromatic carbocycles. The van der Waals surface area contributed by atoms with Crippen LogP contribution < -0.4 is 14.2 Å². The Balaban J connectivity index is 1.78. The van der Waals surface area contributed by atoms with Crippen molar-refractivity contribution in [3.05, 3.63) is 75.5 Å². The van der Waals surface area contributed by atoms with Crippen LogP contribution in [0.1, 0.15) is 29.3 Å². The Morgan fingerprint density at radius 1 is 0.903 bits per heavy atom. The average Bonchev–Trinajstić information content (AvgIpc) is 3.16. The van der Waals surface area contributed by atoms with Gasteiger partial charge >= 0.3 is 0 Å². The molecule has 3 aromatic rings. The lowest BCUT2D eigenvalue weighted by atomic mass is 10.0. The Hall–Kier alpha value is -2.34. The number of hydrogen-bond donors (Lipinski definition) is 0. The first-order chi connectivity index (χ1) is 15.1. The second-order valence-electron chi connectivity index (χ2n) is 7.52. The lowest BCUT2D eigenvalue weighted by molar-refractivity contribution is 0.216. The van der Waals surface area contributed by atoms with E-state index < -0.39 is 0 Å². The number of aryl methyl sites for hydroxylation is 1. The van der Waals surface area contributed by atoms with E-state index in [9.17, 15) is 0 Å². The minimum Gasteiger partial charge on any atom is -0.493 e. The minimum absolute atomic E-state index is 0.0325. The lowest BCUT2D eigenvalue weighted by Crippen LogP contribution is -2.29. The van der Waals surface area contributed by atoms with Crippen molar-refractivity contribution in [2.75, 3.05) is 27.9 Å². The molecule has 1 aromatic heterocycles. The molecule has 0 N–H and O–H groups in total. The maximum absolute atomic E-state index is 6.40. The smallest absolute Gasteiger partial charge is 0.203 e. The molecule has 0 aliphatic carbocycles. The van der Waals surface area contributed by atoms with Gasteiger partial charge in [0.1, 0.15) is 0 Å². The second kappa shape index (κ2) is 9.43. The highest BCUT2D eigenvalue weighted by atomic mass is 35.5. The predicted octanol–water partition coefficient (Wildman–Crippen LogP) is 5.82. The van der Waals surface area contributed by atoms with Crippen molar-refractivity contribution in [1.29, 1.82) is 0 Å². The maximum atomic E-state index is 6.40. The molecule has 0 saturated carbocycles. The SMILES string of the molecule is COc1ccc(CN2CCCn3cccc3[C@H]2c2ccc(Cl)c(Cl)c2)c(OC)c1OC. The van der Waals surface area contributed by atoms with Crippen LogP contribution in [-0.4, -0.2) is 37.3 Å². The van der Waals surface area contributed by atoms with E-state index in [0.29, 0.717) is 33.8 Å². The van der Waals surface area contributed by atoms with Gasteiger partial charge in [-0.1, -0.05) is 35.3 Å². The third-order valence-electron chi connectivity index (χ3n) is 5.77. The number of hydrogen-bond acceptors (Lipinski definition) is 4. The molecule has 31 heavy (non-hydrogen) atoms. The second-order valence-corrected chi connectivity index (χ2v) is 8.33. The van der Waals surface area contributed by atoms with Crippen LogP contribution in [-0.2, 0) is 13.1 Å². The zero-order valence-electron chi connectivity index (χ0n) is 17.9. The highest BCUT2D eigenvalue weighted by molar-refractivity contribution is 6.42. The van der Waals surface area contributed by atoms with Gasteiger partial charge in [0.15, 0.2) is 11.5 Å². The van der Waals surface area contributed by atoms with E-state index in [1.165, 1.54) is 5.69 Å². The van der Waals surface area contributed by atoms with Gasteiger partial charge in [-0.25, -0.2) is 0 Å². The number of rotatable bonds is 6. The molecule has 0 radical (unpaired) electrons. The van der Waals surface area contributed by atoms with Crippen LogP contribution in [0.4, 0.5) is 0 Å². The number of benzene rings is 2. The number of halogens is 2. The van der Waals surface area contributed by atoms with Crippen molar-refractivity contribution in [3.63, 3.8) is 0 Å². The molecule has 164 valence electrons. The van der Waals surface area contributed by atoms with E-state index in [1.54, 1.807) is 21.3 Å². The predicted molar refractivity (Wildman–Crippen MR) is 124 cm³/mol. The van der Waals surface area contributed by atoms with Crippen LogP contribution in [0.2, 0.25) is 10.0 Å². The third kappa shape index (κ3) is 4.22. The van der Waals surface area contributed by atoms with Gasteiger partial charge in [-0.2, -0.15) is 0 Å². The fourth-order valence-electron chi connectivity index (χ4n) is 4.38. The van der Waals surface area contributed by atoms with Crippen LogP contribution in [0.5, 0.6) is 17.2 Å². The Kier molecular flexibility index (Phi) is 6.65. The summed E-state index contributed by atoms with van der Waals surface area (Å²) < 4.78 is 19.1. The molecule has 1 aliphatic heterocycles. The summed E-state index contributed by atoms with van der Waals surface area (Å²) in [4.78, 5) is 2.45. The molecule has 1 atom stereocenters. The third-order valence-corrected chi connectivity index (χ3v) is 6.51. The molecule has 0 spiro atoms. The van der Waals surface area contributed by atoms with Crippen molar-refractivity contribution in [1.82, 2.24) is 9.47 Å². The fourth-order valence-corrected chi connectivity index (χ4v) is 4.69. The van der Waals surface area contributed by atoms with Gasteiger partial charge < -0.3 is 18.8 Å². The number of ether oxygens (including phenoxy) is 3. The van der Waals surface area contributed by atoms with Gasteiger partial charge in [0.25, 0.3) is 0 Å². The molecule has 0 fully saturated rings. The molecule has 0 unspecified atom stereocenters. The van der Waals surface area contributed by atoms with Crippen LogP contribution in [0.3, 0.4) is 0 Å². The molecule has 4 rings (SSSR count). The molecular formula is C24H26Cl2N2O3. The average molecular weight is 461 g/mol. The van der Waals surface area contributed by atoms with Crippen molar-refractivity contribution in [2.24, 2.45) is 0 Å². The van der Waals surface area contributed by atoms with E-state index >= 15 is 0 Å². The van der Waals surface area contributed by atoms with Crippen LogP contribution in [0.15, 0.2) is 48.7 Å². The number of methoxy groups -OCH3 is 3. The van der Waals surface area contributed by atoms with E-state index in [-0.39, 0.29) is 6.04 Å². The van der Waals surface area contributed by atoms with Crippen LogP contribution >= 0.6 is 23.2 Å². The zero-order valence-corrected chi connectivity index (χ0v) is 19.4. The Bertz CT molecular complexity index is 1070. The summed E-state index contributed by atoms with van der Waals surface area (Å²) in [6.45, 7) is 2.57. The largest absolute Gasteiger partial charge is 0.493 e. The summed E-state index contributed by atoms with van der Waals surface area (Å²) in [5.41, 5.74) is 3.37. The van der Waals surface area contributed by atoms with Crippen LogP contribution in [0, 0.1) is 0 Å². The lowest BCUT2D eigenvalue weighted by Gasteiger charge is -2.31. The topological polar surface area (TPSA) is 35.9 Å². The molecular weight excluding hydrogens is 435 g/mol. The molecule has 2 heterocycles. The summed E-state index contributed by atoms with van der Waals surface area (Å²) in [6.07, 6.45) is 3.18. The standard InChI is InChI=1S/C24H26Cl2N2O3/c1-29-21-10-8-17(23(30-2)24(21)31-3)15-28-13-5-12-27-11-4-6-20(27)22(28)16-7-9-18(25)19(26)14-16/h4,6-11,14,22H,5,12-13,15H2,1-3H3/t22-/m1/s1. The van der Waals surface area contributed by atoms with Crippen molar-refractivity contribution in [2.45, 2.75) is 25.6 Å². The van der Waals surface area contributed by atoms with Crippen LogP contribution in [0.25, 0.3) is 0 Å². The molecule has 7 heteroatoms. The fraction of sp³-hybridized carbons (Fsp3) is 0.333. The first kappa shape index (κ1) is 21.9. The monoisotopic (exact) mass is 460 g/mol. The molecule has 5 nitrogen and oxygen atoms in total. The highest BCUT2D eigenvalue weighted by Gasteiger charge is 2.29. The molecule has 1 aliphatic rings. The minimum atomic E-state index is 0.0325. The Morgan fingerprint density at radius 2 is 1.71 bits per heavy atom. The van der Waals surface area contributed by atoms with Gasteiger partial charge in [-0.05, 0) is 42.3 Å². The van der Waals surface area contributed by atoms with Crippen molar-refractivity contribution < 1.29 is 14.2 Å². The van der Waals surface area contributed by atoms with Gasteiger partial charge in [0.2, 0.25) is 5.75 Å². The van der Waals surface area contributed by atoms with Gasteiger partial charge in [0, 0.05) is 37.1 Å². The van der Waals surface area contributed by atoms with E-state index in [0.717, 1.165) is 30.6 Å². The highest BCUT2D eigenvalue weighted by Crippen LogP contribution is 2.42. The Morgan fingerprint density at radius 3 is 2.42 bits per heavy atom. The van der Waals surface area contributed by atoms with Crippen molar-refractivity contribution >= 4 is 23.2 Å². The molecule has 0 saturated heterocycles. The number of aromatic nitrogens is 1. The van der Waals surface area contributed by atoms with Gasteiger partial charge in [0.05, 0.1) is 37.4 Å². The van der Waals surface area contributed by atoms with Crippen molar-refractivity contribution in [3.8, 4) is 17.2 Å². The summed E-state index contributed by atoms with van der Waals surface area (Å²) in [5, 5.41) is 1.12. The van der Waals surface area contributed by atoms with Gasteiger partial charge in [-0.15, -0.1) is 0 Å². The summed E-state index contributed by atoms with van der Waals surface area (Å²) in [6, 6.07) is 14.2.